The molecular formula is C19H17NO4S. The number of ether oxygens (including phenoxy) is 1. The zero-order chi connectivity index (χ0) is 18.0. The summed E-state index contributed by atoms with van der Waals surface area (Å²) in [4.78, 5) is 24.4. The topological polar surface area (TPSA) is 75.6 Å². The third-order valence-electron chi connectivity index (χ3n) is 4.05. The van der Waals surface area contributed by atoms with E-state index in [-0.39, 0.29) is 0 Å². The number of carbonyl (C=O) groups excluding carboxylic acids is 1. The smallest absolute Gasteiger partial charge is 0.330 e. The number of carboxylic acids is 1. The lowest BCUT2D eigenvalue weighted by Gasteiger charge is -2.16. The molecule has 2 N–H and O–H groups in total. The zero-order valence-electron chi connectivity index (χ0n) is 13.8. The molecule has 5 nitrogen and oxygen atoms in total. The molecule has 1 aromatic heterocycles. The van der Waals surface area contributed by atoms with Crippen LogP contribution in [0.25, 0.3) is 10.1 Å². The first-order chi connectivity index (χ1) is 12.0. The van der Waals surface area contributed by atoms with Gasteiger partial charge in [0.2, 0.25) is 0 Å². The zero-order valence-corrected chi connectivity index (χ0v) is 14.6. The van der Waals surface area contributed by atoms with Crippen LogP contribution in [-0.4, -0.2) is 24.1 Å². The number of carbonyl (C=O) groups is 2. The molecule has 25 heavy (non-hydrogen) atoms. The van der Waals surface area contributed by atoms with Crippen LogP contribution in [0.3, 0.4) is 0 Å². The Balaban J connectivity index is 1.96. The largest absolute Gasteiger partial charge is 0.495 e. The minimum Gasteiger partial charge on any atom is -0.495 e. The molecule has 0 spiro atoms. The third-order valence-corrected chi connectivity index (χ3v) is 5.06. The van der Waals surface area contributed by atoms with Crippen LogP contribution in [0.15, 0.2) is 47.8 Å². The van der Waals surface area contributed by atoms with Crippen molar-refractivity contribution in [3.8, 4) is 5.75 Å². The molecule has 2 aromatic carbocycles. The van der Waals surface area contributed by atoms with E-state index in [1.807, 2.05) is 31.2 Å². The average molecular weight is 355 g/mol. The highest BCUT2D eigenvalue weighted by atomic mass is 32.1. The molecule has 1 unspecified atom stereocenters. The van der Waals surface area contributed by atoms with Gasteiger partial charge < -0.3 is 15.2 Å². The van der Waals surface area contributed by atoms with Gasteiger partial charge in [-0.15, -0.1) is 11.3 Å². The lowest BCUT2D eigenvalue weighted by Crippen LogP contribution is -2.34. The monoisotopic (exact) mass is 355 g/mol. The molecule has 1 amide bonds. The summed E-state index contributed by atoms with van der Waals surface area (Å²) in [5.41, 5.74) is 1.83. The number of benzene rings is 2. The van der Waals surface area contributed by atoms with Gasteiger partial charge in [-0.25, -0.2) is 4.79 Å². The van der Waals surface area contributed by atoms with Crippen LogP contribution in [0.4, 0.5) is 0 Å². The highest BCUT2D eigenvalue weighted by Gasteiger charge is 2.25. The molecule has 0 aliphatic heterocycles. The van der Waals surface area contributed by atoms with Crippen molar-refractivity contribution in [3.05, 3.63) is 64.5 Å². The normalized spacial score (nSPS) is 11.9. The number of fused-ring (bicyclic) bond motifs is 1. The molecule has 1 atom stereocenters. The van der Waals surface area contributed by atoms with Gasteiger partial charge >= 0.3 is 5.97 Å². The van der Waals surface area contributed by atoms with Crippen molar-refractivity contribution in [2.75, 3.05) is 7.11 Å². The first kappa shape index (κ1) is 17.0. The van der Waals surface area contributed by atoms with Gasteiger partial charge in [0.05, 0.1) is 17.4 Å². The summed E-state index contributed by atoms with van der Waals surface area (Å²) in [7, 11) is 1.58. The number of aliphatic carboxylic acids is 1. The fourth-order valence-electron chi connectivity index (χ4n) is 2.76. The van der Waals surface area contributed by atoms with Gasteiger partial charge in [0.15, 0.2) is 6.04 Å². The van der Waals surface area contributed by atoms with Crippen LogP contribution < -0.4 is 10.1 Å². The molecule has 0 bridgehead atoms. The van der Waals surface area contributed by atoms with Crippen LogP contribution in [0.2, 0.25) is 0 Å². The Kier molecular flexibility index (Phi) is 4.72. The van der Waals surface area contributed by atoms with E-state index in [0.717, 1.165) is 15.6 Å². The van der Waals surface area contributed by atoms with E-state index in [9.17, 15) is 14.7 Å². The molecule has 0 aliphatic carbocycles. The highest BCUT2D eigenvalue weighted by Crippen LogP contribution is 2.34. The van der Waals surface area contributed by atoms with Gasteiger partial charge in [-0.3, -0.25) is 4.79 Å². The molecule has 0 fully saturated rings. The number of amides is 1. The standard InChI is InChI=1S/C19H17NO4S/c1-11-6-3-4-7-12(11)16(19(22)23)20-18(21)14-10-25-17-13(14)8-5-9-15(17)24-2/h3-10,16H,1-2H3,(H,20,21)(H,22,23). The number of aryl methyl sites for hydroxylation is 1. The van der Waals surface area contributed by atoms with E-state index in [1.165, 1.54) is 11.3 Å². The Labute approximate surface area is 148 Å². The van der Waals surface area contributed by atoms with Crippen LogP contribution >= 0.6 is 11.3 Å². The molecule has 1 heterocycles. The summed E-state index contributed by atoms with van der Waals surface area (Å²) in [6.07, 6.45) is 0. The lowest BCUT2D eigenvalue weighted by atomic mass is 10.0. The van der Waals surface area contributed by atoms with Crippen LogP contribution in [0.1, 0.15) is 27.5 Å². The predicted molar refractivity (Wildman–Crippen MR) is 97.4 cm³/mol. The molecule has 3 aromatic rings. The summed E-state index contributed by atoms with van der Waals surface area (Å²) in [6, 6.07) is 11.5. The summed E-state index contributed by atoms with van der Waals surface area (Å²) in [5.74, 6) is -0.829. The van der Waals surface area contributed by atoms with E-state index in [2.05, 4.69) is 5.32 Å². The number of carboxylic acid groups (broad SMARTS) is 1. The van der Waals surface area contributed by atoms with E-state index in [1.54, 1.807) is 30.7 Å². The van der Waals surface area contributed by atoms with Crippen molar-refractivity contribution in [2.24, 2.45) is 0 Å². The first-order valence-corrected chi connectivity index (χ1v) is 8.54. The quantitative estimate of drug-likeness (QED) is 0.730. The average Bonchev–Trinajstić information content (AvgIpc) is 3.04. The predicted octanol–water partition coefficient (Wildman–Crippen LogP) is 3.77. The van der Waals surface area contributed by atoms with Crippen LogP contribution in [0, 0.1) is 6.92 Å². The molecule has 6 heteroatoms. The Morgan fingerprint density at radius 1 is 1.16 bits per heavy atom. The minimum atomic E-state index is -1.10. The second kappa shape index (κ2) is 6.94. The second-order valence-corrected chi connectivity index (χ2v) is 6.47. The first-order valence-electron chi connectivity index (χ1n) is 7.66. The molecule has 0 saturated heterocycles. The maximum atomic E-state index is 12.7. The summed E-state index contributed by atoms with van der Waals surface area (Å²) in [6.45, 7) is 1.82. The fraction of sp³-hybridized carbons (Fsp3) is 0.158. The molecule has 128 valence electrons. The number of hydrogen-bond acceptors (Lipinski definition) is 4. The van der Waals surface area contributed by atoms with E-state index < -0.39 is 17.9 Å². The maximum absolute atomic E-state index is 12.7. The van der Waals surface area contributed by atoms with Gasteiger partial charge in [0.1, 0.15) is 5.75 Å². The summed E-state index contributed by atoms with van der Waals surface area (Å²) < 4.78 is 6.17. The van der Waals surface area contributed by atoms with Crippen molar-refractivity contribution < 1.29 is 19.4 Å². The number of rotatable bonds is 5. The van der Waals surface area contributed by atoms with Crippen molar-refractivity contribution in [2.45, 2.75) is 13.0 Å². The van der Waals surface area contributed by atoms with Crippen LogP contribution in [0.5, 0.6) is 5.75 Å². The fourth-order valence-corrected chi connectivity index (χ4v) is 3.80. The highest BCUT2D eigenvalue weighted by molar-refractivity contribution is 7.18. The summed E-state index contributed by atoms with van der Waals surface area (Å²) >= 11 is 1.39. The Bertz CT molecular complexity index is 948. The number of methoxy groups -OCH3 is 1. The van der Waals surface area contributed by atoms with E-state index in [4.69, 9.17) is 4.74 Å². The molecular weight excluding hydrogens is 338 g/mol. The Hall–Kier alpha value is -2.86. The Morgan fingerprint density at radius 3 is 2.60 bits per heavy atom. The van der Waals surface area contributed by atoms with Gasteiger partial charge in [-0.2, -0.15) is 0 Å². The second-order valence-electron chi connectivity index (χ2n) is 5.59. The number of thiophene rings is 1. The lowest BCUT2D eigenvalue weighted by molar-refractivity contribution is -0.139. The van der Waals surface area contributed by atoms with Crippen molar-refractivity contribution in [3.63, 3.8) is 0 Å². The molecule has 0 radical (unpaired) electrons. The van der Waals surface area contributed by atoms with Crippen molar-refractivity contribution >= 4 is 33.3 Å². The Morgan fingerprint density at radius 2 is 1.92 bits per heavy atom. The maximum Gasteiger partial charge on any atom is 0.330 e. The SMILES string of the molecule is COc1cccc2c(C(=O)NC(C(=O)O)c3ccccc3C)csc12. The van der Waals surface area contributed by atoms with Crippen molar-refractivity contribution in [1.29, 1.82) is 0 Å². The van der Waals surface area contributed by atoms with Gasteiger partial charge in [0.25, 0.3) is 5.91 Å². The molecule has 3 rings (SSSR count). The molecule has 0 aliphatic rings. The van der Waals surface area contributed by atoms with E-state index >= 15 is 0 Å². The van der Waals surface area contributed by atoms with Gasteiger partial charge in [0, 0.05) is 10.8 Å². The number of hydrogen-bond donors (Lipinski definition) is 2. The van der Waals surface area contributed by atoms with Crippen LogP contribution in [-0.2, 0) is 4.79 Å². The third kappa shape index (κ3) is 3.21. The summed E-state index contributed by atoms with van der Waals surface area (Å²) in [5, 5.41) is 14.7. The number of nitrogens with one attached hydrogen (secondary N) is 1. The van der Waals surface area contributed by atoms with E-state index in [0.29, 0.717) is 16.9 Å². The van der Waals surface area contributed by atoms with Gasteiger partial charge in [-0.05, 0) is 24.1 Å². The minimum absolute atomic E-state index is 0.421. The van der Waals surface area contributed by atoms with Crippen molar-refractivity contribution in [1.82, 2.24) is 5.32 Å². The van der Waals surface area contributed by atoms with Gasteiger partial charge in [-0.1, -0.05) is 36.4 Å². The molecule has 0 saturated carbocycles.